The van der Waals surface area contributed by atoms with Crippen LogP contribution >= 0.6 is 0 Å². The molecule has 7 heteroatoms. The van der Waals surface area contributed by atoms with Crippen molar-refractivity contribution in [1.82, 2.24) is 9.97 Å². The fourth-order valence-electron chi connectivity index (χ4n) is 2.97. The number of carbonyl (C=O) groups excluding carboxylic acids is 1. The number of methoxy groups -OCH3 is 1. The number of benzene rings is 1. The monoisotopic (exact) mass is 407 g/mol. The number of ether oxygens (including phenoxy) is 3. The Labute approximate surface area is 176 Å². The minimum Gasteiger partial charge on any atom is -0.488 e. The molecule has 1 N–H and O–H groups in total. The molecule has 7 nitrogen and oxygen atoms in total. The number of nitrogens with one attached hydrogen (secondary N) is 1. The second kappa shape index (κ2) is 10.4. The van der Waals surface area contributed by atoms with Gasteiger partial charge in [-0.25, -0.2) is 4.98 Å². The normalized spacial score (nSPS) is 10.5. The van der Waals surface area contributed by atoms with Crippen LogP contribution in [0, 0.1) is 13.8 Å². The molecule has 0 aliphatic rings. The molecule has 0 fully saturated rings. The van der Waals surface area contributed by atoms with Crippen LogP contribution in [0.4, 0.5) is 5.69 Å². The van der Waals surface area contributed by atoms with Crippen LogP contribution in [0.3, 0.4) is 0 Å². The summed E-state index contributed by atoms with van der Waals surface area (Å²) in [5.74, 6) is 0.873. The Morgan fingerprint density at radius 2 is 1.80 bits per heavy atom. The minimum atomic E-state index is -0.246. The molecule has 0 aliphatic carbocycles. The van der Waals surface area contributed by atoms with E-state index in [0.717, 1.165) is 22.4 Å². The van der Waals surface area contributed by atoms with Gasteiger partial charge in [0.15, 0.2) is 0 Å². The van der Waals surface area contributed by atoms with Crippen molar-refractivity contribution in [2.75, 3.05) is 25.6 Å². The van der Waals surface area contributed by atoms with Crippen molar-refractivity contribution in [3.63, 3.8) is 0 Å². The number of rotatable bonds is 9. The van der Waals surface area contributed by atoms with Gasteiger partial charge >= 0.3 is 0 Å². The van der Waals surface area contributed by atoms with Gasteiger partial charge in [-0.1, -0.05) is 6.07 Å². The Balaban J connectivity index is 1.71. The lowest BCUT2D eigenvalue weighted by Gasteiger charge is -2.15. The molecule has 30 heavy (non-hydrogen) atoms. The van der Waals surface area contributed by atoms with E-state index in [2.05, 4.69) is 15.3 Å². The molecule has 0 unspecified atom stereocenters. The first-order valence-electron chi connectivity index (χ1n) is 9.59. The average molecular weight is 407 g/mol. The zero-order valence-electron chi connectivity index (χ0n) is 17.3. The van der Waals surface area contributed by atoms with E-state index in [0.29, 0.717) is 37.0 Å². The molecule has 3 aromatic rings. The van der Waals surface area contributed by atoms with Crippen LogP contribution in [0.1, 0.15) is 27.0 Å². The summed E-state index contributed by atoms with van der Waals surface area (Å²) < 4.78 is 16.5. The third-order valence-corrected chi connectivity index (χ3v) is 4.37. The molecule has 1 amide bonds. The summed E-state index contributed by atoms with van der Waals surface area (Å²) in [5.41, 5.74) is 3.78. The van der Waals surface area contributed by atoms with Gasteiger partial charge in [0, 0.05) is 36.8 Å². The fourth-order valence-corrected chi connectivity index (χ4v) is 2.97. The molecule has 0 saturated heterocycles. The molecule has 1 aromatic carbocycles. The largest absolute Gasteiger partial charge is 0.488 e. The highest BCUT2D eigenvalue weighted by Gasteiger charge is 2.14. The van der Waals surface area contributed by atoms with E-state index < -0.39 is 0 Å². The van der Waals surface area contributed by atoms with Gasteiger partial charge in [0.25, 0.3) is 5.91 Å². The van der Waals surface area contributed by atoms with Crippen molar-refractivity contribution < 1.29 is 19.0 Å². The Morgan fingerprint density at radius 3 is 2.50 bits per heavy atom. The van der Waals surface area contributed by atoms with E-state index in [1.165, 1.54) is 0 Å². The van der Waals surface area contributed by atoms with E-state index in [1.54, 1.807) is 37.8 Å². The highest BCUT2D eigenvalue weighted by atomic mass is 16.5. The van der Waals surface area contributed by atoms with Gasteiger partial charge in [0.2, 0.25) is 5.88 Å². The maximum absolute atomic E-state index is 12.8. The molecular weight excluding hydrogens is 382 g/mol. The summed E-state index contributed by atoms with van der Waals surface area (Å²) in [6, 6.07) is 10.9. The summed E-state index contributed by atoms with van der Waals surface area (Å²) in [4.78, 5) is 21.1. The van der Waals surface area contributed by atoms with Gasteiger partial charge in [-0.05, 0) is 55.3 Å². The molecule has 0 spiro atoms. The lowest BCUT2D eigenvalue weighted by Crippen LogP contribution is -2.15. The summed E-state index contributed by atoms with van der Waals surface area (Å²) in [6.07, 6.45) is 5.11. The maximum Gasteiger partial charge on any atom is 0.255 e. The second-order valence-corrected chi connectivity index (χ2v) is 6.74. The maximum atomic E-state index is 12.8. The third-order valence-electron chi connectivity index (χ3n) is 4.37. The topological polar surface area (TPSA) is 82.6 Å². The summed E-state index contributed by atoms with van der Waals surface area (Å²) in [5, 5.41) is 2.87. The van der Waals surface area contributed by atoms with Crippen molar-refractivity contribution in [2.45, 2.75) is 20.5 Å². The van der Waals surface area contributed by atoms with Crippen molar-refractivity contribution in [1.29, 1.82) is 0 Å². The second-order valence-electron chi connectivity index (χ2n) is 6.74. The Bertz CT molecular complexity index is 970. The molecular formula is C23H25N3O4. The van der Waals surface area contributed by atoms with Crippen molar-refractivity contribution in [3.05, 3.63) is 77.2 Å². The highest BCUT2D eigenvalue weighted by Crippen LogP contribution is 2.27. The first-order valence-corrected chi connectivity index (χ1v) is 9.59. The van der Waals surface area contributed by atoms with E-state index in [9.17, 15) is 4.79 Å². The predicted molar refractivity (Wildman–Crippen MR) is 114 cm³/mol. The smallest absolute Gasteiger partial charge is 0.255 e. The van der Waals surface area contributed by atoms with Crippen LogP contribution in [-0.4, -0.2) is 36.2 Å². The number of pyridine rings is 2. The number of aromatic nitrogens is 2. The average Bonchev–Trinajstić information content (AvgIpc) is 2.75. The fraction of sp³-hybridized carbons (Fsp3) is 0.261. The van der Waals surface area contributed by atoms with E-state index in [4.69, 9.17) is 14.2 Å². The summed E-state index contributed by atoms with van der Waals surface area (Å²) >= 11 is 0. The molecule has 2 aromatic heterocycles. The van der Waals surface area contributed by atoms with Crippen LogP contribution in [0.5, 0.6) is 11.6 Å². The van der Waals surface area contributed by atoms with Crippen molar-refractivity contribution in [2.24, 2.45) is 0 Å². The quantitative estimate of drug-likeness (QED) is 0.541. The van der Waals surface area contributed by atoms with E-state index in [1.807, 2.05) is 38.1 Å². The number of anilines is 1. The van der Waals surface area contributed by atoms with Crippen molar-refractivity contribution in [3.8, 4) is 11.6 Å². The van der Waals surface area contributed by atoms with Gasteiger partial charge in [-0.15, -0.1) is 0 Å². The predicted octanol–water partition coefficient (Wildman–Crippen LogP) is 3.95. The third kappa shape index (κ3) is 5.55. The first-order chi connectivity index (χ1) is 14.6. The zero-order valence-corrected chi connectivity index (χ0v) is 17.3. The van der Waals surface area contributed by atoms with Gasteiger partial charge in [-0.2, -0.15) is 0 Å². The molecule has 0 saturated carbocycles. The SMILES string of the molecule is COCCOc1ncccc1NC(=O)c1cc(C)c(OCc2cccnc2)c(C)c1. The lowest BCUT2D eigenvalue weighted by atomic mass is 10.0. The molecule has 3 rings (SSSR count). The van der Waals surface area contributed by atoms with E-state index >= 15 is 0 Å². The Morgan fingerprint density at radius 1 is 1.03 bits per heavy atom. The number of nitrogens with zero attached hydrogens (tertiary/aromatic N) is 2. The lowest BCUT2D eigenvalue weighted by molar-refractivity contribution is 0.102. The molecule has 0 bridgehead atoms. The Kier molecular flexibility index (Phi) is 7.34. The van der Waals surface area contributed by atoms with Crippen LogP contribution < -0.4 is 14.8 Å². The van der Waals surface area contributed by atoms with Crippen LogP contribution in [0.2, 0.25) is 0 Å². The number of hydrogen-bond donors (Lipinski definition) is 1. The summed E-state index contributed by atoms with van der Waals surface area (Å²) in [7, 11) is 1.60. The van der Waals surface area contributed by atoms with Crippen LogP contribution in [-0.2, 0) is 11.3 Å². The zero-order chi connectivity index (χ0) is 21.3. The number of amides is 1. The van der Waals surface area contributed by atoms with Gasteiger partial charge < -0.3 is 19.5 Å². The van der Waals surface area contributed by atoms with Crippen molar-refractivity contribution >= 4 is 11.6 Å². The first kappa shape index (κ1) is 21.3. The van der Waals surface area contributed by atoms with Gasteiger partial charge in [0.05, 0.1) is 6.61 Å². The Hall–Kier alpha value is -3.45. The molecule has 0 radical (unpaired) electrons. The molecule has 156 valence electrons. The summed E-state index contributed by atoms with van der Waals surface area (Å²) in [6.45, 7) is 5.04. The number of aryl methyl sites for hydroxylation is 2. The van der Waals surface area contributed by atoms with Crippen LogP contribution in [0.15, 0.2) is 55.0 Å². The highest BCUT2D eigenvalue weighted by molar-refractivity contribution is 6.05. The molecule has 0 aliphatic heterocycles. The van der Waals surface area contributed by atoms with Crippen LogP contribution in [0.25, 0.3) is 0 Å². The number of carbonyl (C=O) groups is 1. The van der Waals surface area contributed by atoms with Gasteiger partial charge in [0.1, 0.15) is 24.7 Å². The minimum absolute atomic E-state index is 0.246. The van der Waals surface area contributed by atoms with E-state index in [-0.39, 0.29) is 5.91 Å². The number of hydrogen-bond acceptors (Lipinski definition) is 6. The molecule has 2 heterocycles. The standard InChI is InChI=1S/C23H25N3O4/c1-16-12-19(13-17(2)21(16)30-15-18-6-4-8-24-14-18)22(27)26-20-7-5-9-25-23(20)29-11-10-28-3/h4-9,12-14H,10-11,15H2,1-3H3,(H,26,27). The molecule has 0 atom stereocenters. The van der Waals surface area contributed by atoms with Gasteiger partial charge in [-0.3, -0.25) is 9.78 Å².